The molecule has 130 valence electrons. The quantitative estimate of drug-likeness (QED) is 0.903. The molecule has 2 amide bonds. The number of likely N-dealkylation sites (tertiary alicyclic amines) is 1. The van der Waals surface area contributed by atoms with Crippen LogP contribution in [-0.2, 0) is 9.59 Å². The zero-order chi connectivity index (χ0) is 16.9. The largest absolute Gasteiger partial charge is 0.497 e. The SMILES string of the molecule is COc1ccc(C(C(=O)NC2CCCCC2)N2CCCC2=O)cc1. The van der Waals surface area contributed by atoms with Crippen LogP contribution in [0.3, 0.4) is 0 Å². The van der Waals surface area contributed by atoms with Crippen molar-refractivity contribution in [3.8, 4) is 5.75 Å². The lowest BCUT2D eigenvalue weighted by Gasteiger charge is -2.30. The van der Waals surface area contributed by atoms with Crippen molar-refractivity contribution in [1.82, 2.24) is 10.2 Å². The van der Waals surface area contributed by atoms with E-state index in [1.54, 1.807) is 12.0 Å². The standard InChI is InChI=1S/C19H26N2O3/c1-24-16-11-9-14(10-12-16)18(21-13-5-8-17(21)22)19(23)20-15-6-3-2-4-7-15/h9-12,15,18H,2-8,13H2,1H3,(H,20,23). The van der Waals surface area contributed by atoms with Gasteiger partial charge in [-0.05, 0) is 37.0 Å². The third-order valence-electron chi connectivity index (χ3n) is 5.05. The van der Waals surface area contributed by atoms with Gasteiger partial charge in [0.1, 0.15) is 11.8 Å². The van der Waals surface area contributed by atoms with Gasteiger partial charge < -0.3 is 15.0 Å². The molecule has 0 radical (unpaired) electrons. The number of hydrogen-bond donors (Lipinski definition) is 1. The first-order chi connectivity index (χ1) is 11.7. The van der Waals surface area contributed by atoms with E-state index in [1.807, 2.05) is 24.3 Å². The molecule has 1 saturated carbocycles. The van der Waals surface area contributed by atoms with Crippen molar-refractivity contribution < 1.29 is 14.3 Å². The van der Waals surface area contributed by atoms with Crippen LogP contribution in [0.15, 0.2) is 24.3 Å². The van der Waals surface area contributed by atoms with Gasteiger partial charge in [-0.15, -0.1) is 0 Å². The summed E-state index contributed by atoms with van der Waals surface area (Å²) in [7, 11) is 1.62. The average molecular weight is 330 g/mol. The minimum atomic E-state index is -0.534. The number of hydrogen-bond acceptors (Lipinski definition) is 3. The molecule has 1 aliphatic carbocycles. The summed E-state index contributed by atoms with van der Waals surface area (Å²) in [5.41, 5.74) is 0.847. The predicted octanol–water partition coefficient (Wildman–Crippen LogP) is 2.81. The molecule has 0 bridgehead atoms. The Balaban J connectivity index is 1.80. The van der Waals surface area contributed by atoms with E-state index in [0.717, 1.165) is 30.6 Å². The lowest BCUT2D eigenvalue weighted by Crippen LogP contribution is -2.45. The second-order valence-corrected chi connectivity index (χ2v) is 6.71. The molecule has 0 spiro atoms. The monoisotopic (exact) mass is 330 g/mol. The van der Waals surface area contributed by atoms with Crippen LogP contribution in [0.1, 0.15) is 56.6 Å². The molecular formula is C19H26N2O3. The number of carbonyl (C=O) groups excluding carboxylic acids is 2. The van der Waals surface area contributed by atoms with Crippen molar-refractivity contribution >= 4 is 11.8 Å². The Morgan fingerprint density at radius 2 is 1.88 bits per heavy atom. The molecule has 5 heteroatoms. The summed E-state index contributed by atoms with van der Waals surface area (Å²) in [5.74, 6) is 0.759. The summed E-state index contributed by atoms with van der Waals surface area (Å²) in [5, 5.41) is 3.18. The molecule has 2 fully saturated rings. The number of carbonyl (C=O) groups is 2. The first-order valence-corrected chi connectivity index (χ1v) is 8.93. The fourth-order valence-corrected chi connectivity index (χ4v) is 3.73. The maximum Gasteiger partial charge on any atom is 0.247 e. The van der Waals surface area contributed by atoms with E-state index in [0.29, 0.717) is 13.0 Å². The normalized spacial score (nSPS) is 20.0. The van der Waals surface area contributed by atoms with Crippen LogP contribution in [0.25, 0.3) is 0 Å². The van der Waals surface area contributed by atoms with E-state index in [9.17, 15) is 9.59 Å². The molecule has 1 aliphatic heterocycles. The zero-order valence-corrected chi connectivity index (χ0v) is 14.3. The summed E-state index contributed by atoms with van der Waals surface area (Å²) in [6.45, 7) is 0.646. The second-order valence-electron chi connectivity index (χ2n) is 6.71. The van der Waals surface area contributed by atoms with Crippen LogP contribution < -0.4 is 10.1 Å². The lowest BCUT2D eigenvalue weighted by molar-refractivity contribution is -0.138. The molecule has 0 aromatic heterocycles. The molecule has 1 aromatic rings. The maximum atomic E-state index is 13.0. The van der Waals surface area contributed by atoms with E-state index in [1.165, 1.54) is 19.3 Å². The molecule has 1 atom stereocenters. The number of nitrogens with zero attached hydrogens (tertiary/aromatic N) is 1. The highest BCUT2D eigenvalue weighted by molar-refractivity contribution is 5.89. The summed E-state index contributed by atoms with van der Waals surface area (Å²) < 4.78 is 5.20. The van der Waals surface area contributed by atoms with Gasteiger partial charge in [-0.2, -0.15) is 0 Å². The molecule has 3 rings (SSSR count). The summed E-state index contributed by atoms with van der Waals surface area (Å²) in [6.07, 6.45) is 7.01. The Labute approximate surface area is 143 Å². The first kappa shape index (κ1) is 16.8. The molecular weight excluding hydrogens is 304 g/mol. The van der Waals surface area contributed by atoms with Crippen LogP contribution in [0.2, 0.25) is 0 Å². The highest BCUT2D eigenvalue weighted by atomic mass is 16.5. The van der Waals surface area contributed by atoms with Gasteiger partial charge in [0.2, 0.25) is 11.8 Å². The molecule has 1 heterocycles. The molecule has 1 saturated heterocycles. The van der Waals surface area contributed by atoms with Gasteiger partial charge in [-0.3, -0.25) is 9.59 Å². The van der Waals surface area contributed by atoms with E-state index in [-0.39, 0.29) is 17.9 Å². The predicted molar refractivity (Wildman–Crippen MR) is 91.7 cm³/mol. The van der Waals surface area contributed by atoms with E-state index >= 15 is 0 Å². The Kier molecular flexibility index (Phi) is 5.38. The Morgan fingerprint density at radius 1 is 1.17 bits per heavy atom. The van der Waals surface area contributed by atoms with Crippen molar-refractivity contribution in [1.29, 1.82) is 0 Å². The topological polar surface area (TPSA) is 58.6 Å². The van der Waals surface area contributed by atoms with E-state index in [2.05, 4.69) is 5.32 Å². The molecule has 1 aromatic carbocycles. The Hall–Kier alpha value is -2.04. The number of ether oxygens (including phenoxy) is 1. The van der Waals surface area contributed by atoms with Crippen molar-refractivity contribution in [3.05, 3.63) is 29.8 Å². The highest BCUT2D eigenvalue weighted by Gasteiger charge is 2.35. The van der Waals surface area contributed by atoms with Crippen LogP contribution in [-0.4, -0.2) is 36.4 Å². The molecule has 5 nitrogen and oxygen atoms in total. The van der Waals surface area contributed by atoms with Crippen molar-refractivity contribution in [2.45, 2.75) is 57.0 Å². The summed E-state index contributed by atoms with van der Waals surface area (Å²) in [4.78, 5) is 26.9. The zero-order valence-electron chi connectivity index (χ0n) is 14.3. The first-order valence-electron chi connectivity index (χ1n) is 8.93. The minimum absolute atomic E-state index is 0.0534. The van der Waals surface area contributed by atoms with Crippen LogP contribution in [0.5, 0.6) is 5.75 Å². The molecule has 24 heavy (non-hydrogen) atoms. The van der Waals surface area contributed by atoms with Crippen molar-refractivity contribution in [3.63, 3.8) is 0 Å². The van der Waals surface area contributed by atoms with Crippen LogP contribution in [0, 0.1) is 0 Å². The van der Waals surface area contributed by atoms with Gasteiger partial charge in [0.05, 0.1) is 7.11 Å². The lowest BCUT2D eigenvalue weighted by atomic mass is 9.94. The number of methoxy groups -OCH3 is 1. The minimum Gasteiger partial charge on any atom is -0.497 e. The van der Waals surface area contributed by atoms with Crippen LogP contribution >= 0.6 is 0 Å². The van der Waals surface area contributed by atoms with Gasteiger partial charge in [0, 0.05) is 19.0 Å². The number of amides is 2. The second kappa shape index (κ2) is 7.69. The number of benzene rings is 1. The Morgan fingerprint density at radius 3 is 2.46 bits per heavy atom. The number of nitrogens with one attached hydrogen (secondary N) is 1. The molecule has 2 aliphatic rings. The Bertz CT molecular complexity index is 579. The smallest absolute Gasteiger partial charge is 0.247 e. The maximum absolute atomic E-state index is 13.0. The molecule has 1 unspecified atom stereocenters. The van der Waals surface area contributed by atoms with E-state index < -0.39 is 6.04 Å². The van der Waals surface area contributed by atoms with Gasteiger partial charge >= 0.3 is 0 Å². The summed E-state index contributed by atoms with van der Waals surface area (Å²) >= 11 is 0. The molecule has 1 N–H and O–H groups in total. The van der Waals surface area contributed by atoms with Crippen LogP contribution in [0.4, 0.5) is 0 Å². The third-order valence-corrected chi connectivity index (χ3v) is 5.05. The van der Waals surface area contributed by atoms with Gasteiger partial charge in [0.25, 0.3) is 0 Å². The number of rotatable bonds is 5. The van der Waals surface area contributed by atoms with Crippen molar-refractivity contribution in [2.24, 2.45) is 0 Å². The van der Waals surface area contributed by atoms with Gasteiger partial charge in [-0.1, -0.05) is 31.4 Å². The van der Waals surface area contributed by atoms with E-state index in [4.69, 9.17) is 4.74 Å². The van der Waals surface area contributed by atoms with Crippen molar-refractivity contribution in [2.75, 3.05) is 13.7 Å². The highest BCUT2D eigenvalue weighted by Crippen LogP contribution is 2.28. The average Bonchev–Trinajstić information content (AvgIpc) is 3.02. The third kappa shape index (κ3) is 3.71. The fraction of sp³-hybridized carbons (Fsp3) is 0.579. The fourth-order valence-electron chi connectivity index (χ4n) is 3.73. The van der Waals surface area contributed by atoms with Gasteiger partial charge in [0.15, 0.2) is 0 Å². The van der Waals surface area contributed by atoms with Gasteiger partial charge in [-0.25, -0.2) is 0 Å². The summed E-state index contributed by atoms with van der Waals surface area (Å²) in [6, 6.07) is 7.16.